The Labute approximate surface area is 154 Å². The van der Waals surface area contributed by atoms with Crippen molar-refractivity contribution in [2.75, 3.05) is 31.6 Å². The third kappa shape index (κ3) is 4.29. The molecule has 0 unspecified atom stereocenters. The van der Waals surface area contributed by atoms with Crippen LogP contribution < -0.4 is 5.32 Å². The van der Waals surface area contributed by atoms with Crippen LogP contribution in [0.1, 0.15) is 35.2 Å². The third-order valence-electron chi connectivity index (χ3n) is 4.60. The van der Waals surface area contributed by atoms with Crippen LogP contribution >= 0.6 is 0 Å². The standard InChI is InChI=1S/C21H24N2O3/c1-2-19(16-7-4-3-5-8-16)20(24)22-18-10-6-9-17(15-18)21(25)23-11-13-26-14-12-23/h3-10,15,19H,2,11-14H2,1H3,(H,22,24)/t19-/m0/s1. The van der Waals surface area contributed by atoms with Gasteiger partial charge in [0, 0.05) is 24.3 Å². The number of nitrogens with zero attached hydrogens (tertiary/aromatic N) is 1. The van der Waals surface area contributed by atoms with Gasteiger partial charge in [-0.1, -0.05) is 43.3 Å². The molecular formula is C21H24N2O3. The Bertz CT molecular complexity index is 755. The summed E-state index contributed by atoms with van der Waals surface area (Å²) in [6.07, 6.45) is 0.711. The summed E-state index contributed by atoms with van der Waals surface area (Å²) in [6.45, 7) is 4.33. The Hall–Kier alpha value is -2.66. The molecule has 3 rings (SSSR count). The third-order valence-corrected chi connectivity index (χ3v) is 4.60. The lowest BCUT2D eigenvalue weighted by molar-refractivity contribution is -0.117. The van der Waals surface area contributed by atoms with Crippen LogP contribution in [0.25, 0.3) is 0 Å². The second-order valence-electron chi connectivity index (χ2n) is 6.35. The maximum atomic E-state index is 12.7. The molecule has 1 N–H and O–H groups in total. The van der Waals surface area contributed by atoms with Gasteiger partial charge in [0.25, 0.3) is 5.91 Å². The second kappa shape index (κ2) is 8.63. The zero-order valence-corrected chi connectivity index (χ0v) is 15.0. The number of ether oxygens (including phenoxy) is 1. The van der Waals surface area contributed by atoms with E-state index in [4.69, 9.17) is 4.74 Å². The molecule has 2 aromatic carbocycles. The predicted octanol–water partition coefficient (Wildman–Crippen LogP) is 3.29. The number of carbonyl (C=O) groups excluding carboxylic acids is 2. The zero-order valence-electron chi connectivity index (χ0n) is 15.0. The number of morpholine rings is 1. The van der Waals surface area contributed by atoms with Gasteiger partial charge < -0.3 is 15.0 Å². The number of amides is 2. The average Bonchev–Trinajstić information content (AvgIpc) is 2.69. The fourth-order valence-corrected chi connectivity index (χ4v) is 3.17. The van der Waals surface area contributed by atoms with Gasteiger partial charge in [-0.15, -0.1) is 0 Å². The van der Waals surface area contributed by atoms with Crippen LogP contribution in [0.4, 0.5) is 5.69 Å². The highest BCUT2D eigenvalue weighted by Gasteiger charge is 2.21. The summed E-state index contributed by atoms with van der Waals surface area (Å²) in [7, 11) is 0. The highest BCUT2D eigenvalue weighted by molar-refractivity contribution is 5.99. The number of hydrogen-bond donors (Lipinski definition) is 1. The van der Waals surface area contributed by atoms with E-state index in [2.05, 4.69) is 5.32 Å². The first kappa shape index (κ1) is 18.1. The van der Waals surface area contributed by atoms with Crippen LogP contribution in [0.15, 0.2) is 54.6 Å². The van der Waals surface area contributed by atoms with Crippen molar-refractivity contribution >= 4 is 17.5 Å². The lowest BCUT2D eigenvalue weighted by atomic mass is 9.95. The van der Waals surface area contributed by atoms with Crippen molar-refractivity contribution in [2.45, 2.75) is 19.3 Å². The summed E-state index contributed by atoms with van der Waals surface area (Å²) in [6, 6.07) is 16.9. The van der Waals surface area contributed by atoms with Crippen molar-refractivity contribution in [1.82, 2.24) is 4.90 Å². The fourth-order valence-electron chi connectivity index (χ4n) is 3.17. The van der Waals surface area contributed by atoms with Gasteiger partial charge in [0.2, 0.25) is 5.91 Å². The van der Waals surface area contributed by atoms with E-state index in [1.807, 2.05) is 43.3 Å². The largest absolute Gasteiger partial charge is 0.378 e. The van der Waals surface area contributed by atoms with Crippen LogP contribution in [0.5, 0.6) is 0 Å². The molecule has 2 amide bonds. The van der Waals surface area contributed by atoms with Crippen LogP contribution in [0.3, 0.4) is 0 Å². The molecule has 26 heavy (non-hydrogen) atoms. The van der Waals surface area contributed by atoms with Crippen molar-refractivity contribution < 1.29 is 14.3 Å². The first-order chi connectivity index (χ1) is 12.7. The summed E-state index contributed by atoms with van der Waals surface area (Å²) in [5.74, 6) is -0.302. The van der Waals surface area contributed by atoms with Crippen LogP contribution in [-0.4, -0.2) is 43.0 Å². The van der Waals surface area contributed by atoms with Gasteiger partial charge in [-0.3, -0.25) is 9.59 Å². The molecule has 2 aromatic rings. The van der Waals surface area contributed by atoms with Gasteiger partial charge >= 0.3 is 0 Å². The lowest BCUT2D eigenvalue weighted by Gasteiger charge is -2.27. The van der Waals surface area contributed by atoms with Gasteiger partial charge in [-0.05, 0) is 30.2 Å². The van der Waals surface area contributed by atoms with Crippen molar-refractivity contribution in [1.29, 1.82) is 0 Å². The van der Waals surface area contributed by atoms with E-state index in [-0.39, 0.29) is 17.7 Å². The minimum atomic E-state index is -0.213. The molecule has 1 aliphatic heterocycles. The Morgan fingerprint density at radius 3 is 2.50 bits per heavy atom. The number of benzene rings is 2. The quantitative estimate of drug-likeness (QED) is 0.898. The van der Waals surface area contributed by atoms with Crippen molar-refractivity contribution in [3.63, 3.8) is 0 Å². The Kier molecular flexibility index (Phi) is 6.02. The summed E-state index contributed by atoms with van der Waals surface area (Å²) in [5, 5.41) is 2.96. The highest BCUT2D eigenvalue weighted by atomic mass is 16.5. The summed E-state index contributed by atoms with van der Waals surface area (Å²) in [5.41, 5.74) is 2.22. The monoisotopic (exact) mass is 352 g/mol. The van der Waals surface area contributed by atoms with E-state index in [9.17, 15) is 9.59 Å². The molecule has 136 valence electrons. The number of anilines is 1. The van der Waals surface area contributed by atoms with E-state index in [0.29, 0.717) is 44.0 Å². The predicted molar refractivity (Wildman–Crippen MR) is 101 cm³/mol. The SMILES string of the molecule is CC[C@H](C(=O)Nc1cccc(C(=O)N2CCOCC2)c1)c1ccccc1. The van der Waals surface area contributed by atoms with Gasteiger partial charge in [-0.25, -0.2) is 0 Å². The van der Waals surface area contributed by atoms with Crippen molar-refractivity contribution in [2.24, 2.45) is 0 Å². The molecular weight excluding hydrogens is 328 g/mol. The number of nitrogens with one attached hydrogen (secondary N) is 1. The number of hydrogen-bond acceptors (Lipinski definition) is 3. The summed E-state index contributed by atoms with van der Waals surface area (Å²) >= 11 is 0. The van der Waals surface area contributed by atoms with Gasteiger partial charge in [0.05, 0.1) is 19.1 Å². The highest BCUT2D eigenvalue weighted by Crippen LogP contribution is 2.22. The molecule has 0 aromatic heterocycles. The van der Waals surface area contributed by atoms with E-state index in [1.54, 1.807) is 23.1 Å². The summed E-state index contributed by atoms with van der Waals surface area (Å²) < 4.78 is 5.29. The molecule has 1 heterocycles. The van der Waals surface area contributed by atoms with Crippen molar-refractivity contribution in [3.05, 3.63) is 65.7 Å². The molecule has 5 nitrogen and oxygen atoms in total. The van der Waals surface area contributed by atoms with Crippen LogP contribution in [0, 0.1) is 0 Å². The molecule has 5 heteroatoms. The van der Waals surface area contributed by atoms with E-state index < -0.39 is 0 Å². The summed E-state index contributed by atoms with van der Waals surface area (Å²) in [4.78, 5) is 27.1. The maximum absolute atomic E-state index is 12.7. The Morgan fingerprint density at radius 1 is 1.08 bits per heavy atom. The normalized spacial score (nSPS) is 15.3. The number of carbonyl (C=O) groups is 2. The molecule has 1 fully saturated rings. The van der Waals surface area contributed by atoms with E-state index >= 15 is 0 Å². The first-order valence-corrected chi connectivity index (χ1v) is 9.02. The van der Waals surface area contributed by atoms with Crippen molar-refractivity contribution in [3.8, 4) is 0 Å². The van der Waals surface area contributed by atoms with E-state index in [1.165, 1.54) is 0 Å². The minimum Gasteiger partial charge on any atom is -0.378 e. The molecule has 1 aliphatic rings. The average molecular weight is 352 g/mol. The minimum absolute atomic E-state index is 0.0282. The Balaban J connectivity index is 1.71. The topological polar surface area (TPSA) is 58.6 Å². The first-order valence-electron chi connectivity index (χ1n) is 9.02. The van der Waals surface area contributed by atoms with Crippen LogP contribution in [0.2, 0.25) is 0 Å². The molecule has 0 aliphatic carbocycles. The maximum Gasteiger partial charge on any atom is 0.254 e. The zero-order chi connectivity index (χ0) is 18.4. The Morgan fingerprint density at radius 2 is 1.81 bits per heavy atom. The lowest BCUT2D eigenvalue weighted by Crippen LogP contribution is -2.40. The molecule has 0 saturated carbocycles. The smallest absolute Gasteiger partial charge is 0.254 e. The number of rotatable bonds is 5. The molecule has 0 radical (unpaired) electrons. The molecule has 0 spiro atoms. The van der Waals surface area contributed by atoms with Gasteiger partial charge in [0.15, 0.2) is 0 Å². The van der Waals surface area contributed by atoms with Gasteiger partial charge in [-0.2, -0.15) is 0 Å². The molecule has 1 atom stereocenters. The molecule has 0 bridgehead atoms. The van der Waals surface area contributed by atoms with Crippen LogP contribution in [-0.2, 0) is 9.53 Å². The second-order valence-corrected chi connectivity index (χ2v) is 6.35. The fraction of sp³-hybridized carbons (Fsp3) is 0.333. The van der Waals surface area contributed by atoms with Gasteiger partial charge in [0.1, 0.15) is 0 Å². The molecule has 1 saturated heterocycles. The van der Waals surface area contributed by atoms with E-state index in [0.717, 1.165) is 5.56 Å².